The van der Waals surface area contributed by atoms with Crippen LogP contribution in [-0.4, -0.2) is 19.0 Å². The summed E-state index contributed by atoms with van der Waals surface area (Å²) in [4.78, 5) is 0. The second kappa shape index (κ2) is 9.11. The zero-order chi connectivity index (χ0) is 15.9. The molecule has 3 heteroatoms. The van der Waals surface area contributed by atoms with Crippen molar-refractivity contribution in [1.82, 2.24) is 0 Å². The molecule has 118 valence electrons. The van der Waals surface area contributed by atoms with E-state index in [1.165, 1.54) is 15.2 Å². The van der Waals surface area contributed by atoms with Crippen molar-refractivity contribution < 1.29 is 4.43 Å². The SMILES string of the molecule is C=C(CCCO[Si](CI)(C(C)C)C(C)C)c1ccccc1. The van der Waals surface area contributed by atoms with Gasteiger partial charge in [0.05, 0.1) is 0 Å². The van der Waals surface area contributed by atoms with Crippen molar-refractivity contribution in [3.8, 4) is 0 Å². The molecule has 0 fully saturated rings. The van der Waals surface area contributed by atoms with Crippen molar-refractivity contribution in [2.24, 2.45) is 0 Å². The van der Waals surface area contributed by atoms with Crippen LogP contribution in [0.15, 0.2) is 36.9 Å². The number of benzene rings is 1. The van der Waals surface area contributed by atoms with Crippen LogP contribution in [0.5, 0.6) is 0 Å². The summed E-state index contributed by atoms with van der Waals surface area (Å²) >= 11 is 2.53. The summed E-state index contributed by atoms with van der Waals surface area (Å²) in [6.07, 6.45) is 2.09. The number of halogens is 1. The van der Waals surface area contributed by atoms with E-state index in [1.807, 2.05) is 6.07 Å². The van der Waals surface area contributed by atoms with Crippen LogP contribution in [0.3, 0.4) is 0 Å². The van der Waals surface area contributed by atoms with Crippen molar-refractivity contribution in [2.75, 3.05) is 10.7 Å². The van der Waals surface area contributed by atoms with Crippen molar-refractivity contribution in [2.45, 2.75) is 51.6 Å². The first-order valence-electron chi connectivity index (χ1n) is 7.87. The lowest BCUT2D eigenvalue weighted by Crippen LogP contribution is -2.47. The van der Waals surface area contributed by atoms with Gasteiger partial charge in [0.1, 0.15) is 0 Å². The summed E-state index contributed by atoms with van der Waals surface area (Å²) in [7, 11) is -1.62. The molecule has 0 aliphatic rings. The first-order chi connectivity index (χ1) is 9.94. The molecule has 0 amide bonds. The molecule has 0 aliphatic carbocycles. The Morgan fingerprint density at radius 3 is 2.19 bits per heavy atom. The lowest BCUT2D eigenvalue weighted by Gasteiger charge is -2.37. The van der Waals surface area contributed by atoms with Crippen LogP contribution in [-0.2, 0) is 4.43 Å². The number of allylic oxidation sites excluding steroid dienone is 1. The molecule has 1 aromatic carbocycles. The minimum atomic E-state index is -1.62. The van der Waals surface area contributed by atoms with Crippen molar-refractivity contribution >= 4 is 36.5 Å². The molecule has 0 bridgehead atoms. The molecular weight excluding hydrogens is 387 g/mol. The van der Waals surface area contributed by atoms with Crippen LogP contribution in [0.4, 0.5) is 0 Å². The first kappa shape index (κ1) is 18.9. The molecular formula is C18H29IOSi. The Bertz CT molecular complexity index is 420. The largest absolute Gasteiger partial charge is 0.416 e. The molecule has 1 aromatic rings. The average molecular weight is 416 g/mol. The van der Waals surface area contributed by atoms with E-state index in [4.69, 9.17) is 4.43 Å². The molecule has 1 nitrogen and oxygen atoms in total. The fourth-order valence-electron chi connectivity index (χ4n) is 2.71. The summed E-state index contributed by atoms with van der Waals surface area (Å²) in [5.74, 6) is 0. The van der Waals surface area contributed by atoms with Crippen LogP contribution >= 0.6 is 22.6 Å². The van der Waals surface area contributed by atoms with Gasteiger partial charge in [-0.2, -0.15) is 0 Å². The van der Waals surface area contributed by atoms with E-state index in [9.17, 15) is 0 Å². The predicted molar refractivity (Wildman–Crippen MR) is 105 cm³/mol. The number of alkyl halides is 1. The molecule has 0 saturated carbocycles. The third-order valence-electron chi connectivity index (χ3n) is 4.34. The fourth-order valence-corrected chi connectivity index (χ4v) is 11.9. The Labute approximate surface area is 145 Å². The summed E-state index contributed by atoms with van der Waals surface area (Å²) in [5.41, 5.74) is 3.82. The Hall–Kier alpha value is -0.133. The molecule has 0 aliphatic heterocycles. The minimum absolute atomic E-state index is 0.673. The maximum Gasteiger partial charge on any atom is 0.207 e. The average Bonchev–Trinajstić information content (AvgIpc) is 2.47. The Morgan fingerprint density at radius 2 is 1.71 bits per heavy atom. The topological polar surface area (TPSA) is 9.23 Å². The summed E-state index contributed by atoms with van der Waals surface area (Å²) in [6.45, 7) is 14.4. The van der Waals surface area contributed by atoms with Gasteiger partial charge in [0.15, 0.2) is 0 Å². The highest BCUT2D eigenvalue weighted by molar-refractivity contribution is 14.1. The quantitative estimate of drug-likeness (QED) is 0.201. The Morgan fingerprint density at radius 1 is 1.14 bits per heavy atom. The number of hydrogen-bond donors (Lipinski definition) is 0. The highest BCUT2D eigenvalue weighted by Crippen LogP contribution is 2.35. The van der Waals surface area contributed by atoms with Gasteiger partial charge in [-0.25, -0.2) is 0 Å². The van der Waals surface area contributed by atoms with Crippen LogP contribution in [0.2, 0.25) is 11.1 Å². The molecule has 0 aromatic heterocycles. The molecule has 21 heavy (non-hydrogen) atoms. The van der Waals surface area contributed by atoms with Crippen LogP contribution in [0.25, 0.3) is 5.57 Å². The molecule has 0 N–H and O–H groups in total. The zero-order valence-electron chi connectivity index (χ0n) is 13.9. The van der Waals surface area contributed by atoms with Crippen LogP contribution in [0.1, 0.15) is 46.1 Å². The molecule has 0 atom stereocenters. The van der Waals surface area contributed by atoms with Crippen LogP contribution in [0, 0.1) is 0 Å². The zero-order valence-corrected chi connectivity index (χ0v) is 17.0. The molecule has 0 heterocycles. The van der Waals surface area contributed by atoms with Crippen molar-refractivity contribution in [3.63, 3.8) is 0 Å². The van der Waals surface area contributed by atoms with E-state index in [2.05, 4.69) is 81.1 Å². The first-order valence-corrected chi connectivity index (χ1v) is 11.7. The third-order valence-corrected chi connectivity index (χ3v) is 13.0. The normalized spacial score (nSPS) is 12.1. The predicted octanol–water partition coefficient (Wildman–Crippen LogP) is 6.24. The van der Waals surface area contributed by atoms with Gasteiger partial charge in [0.25, 0.3) is 0 Å². The molecule has 1 rings (SSSR count). The monoisotopic (exact) mass is 416 g/mol. The number of rotatable bonds is 9. The van der Waals surface area contributed by atoms with Gasteiger partial charge in [-0.3, -0.25) is 0 Å². The standard InChI is InChI=1S/C18H29IOSi/c1-15(2)21(14-19,16(3)4)20-13-9-10-17(5)18-11-7-6-8-12-18/h6-8,11-12,15-16H,5,9-10,13-14H2,1-4H3. The van der Waals surface area contributed by atoms with Gasteiger partial charge in [-0.15, -0.1) is 0 Å². The Balaban J connectivity index is 2.47. The van der Waals surface area contributed by atoms with Gasteiger partial charge >= 0.3 is 0 Å². The Kier molecular flexibility index (Phi) is 8.20. The third kappa shape index (κ3) is 5.22. The smallest absolute Gasteiger partial charge is 0.207 e. The molecule has 0 unspecified atom stereocenters. The number of hydrogen-bond acceptors (Lipinski definition) is 1. The van der Waals surface area contributed by atoms with E-state index < -0.39 is 8.32 Å². The molecule has 0 radical (unpaired) electrons. The van der Waals surface area contributed by atoms with E-state index in [-0.39, 0.29) is 0 Å². The summed E-state index contributed by atoms with van der Waals surface area (Å²) in [6, 6.07) is 10.5. The maximum absolute atomic E-state index is 6.48. The summed E-state index contributed by atoms with van der Waals surface area (Å²) in [5, 5.41) is 0. The molecule has 0 spiro atoms. The van der Waals surface area contributed by atoms with Gasteiger partial charge in [-0.1, -0.05) is 87.2 Å². The maximum atomic E-state index is 6.48. The fraction of sp³-hybridized carbons (Fsp3) is 0.556. The van der Waals surface area contributed by atoms with Crippen molar-refractivity contribution in [3.05, 3.63) is 42.5 Å². The van der Waals surface area contributed by atoms with Gasteiger partial charge < -0.3 is 4.43 Å². The van der Waals surface area contributed by atoms with E-state index in [0.29, 0.717) is 11.1 Å². The molecule has 0 saturated heterocycles. The summed E-state index contributed by atoms with van der Waals surface area (Å²) < 4.78 is 7.66. The second-order valence-corrected chi connectivity index (χ2v) is 13.4. The van der Waals surface area contributed by atoms with Gasteiger partial charge in [-0.05, 0) is 35.1 Å². The van der Waals surface area contributed by atoms with E-state index >= 15 is 0 Å². The van der Waals surface area contributed by atoms with E-state index in [1.54, 1.807) is 0 Å². The van der Waals surface area contributed by atoms with Crippen molar-refractivity contribution in [1.29, 1.82) is 0 Å². The lowest BCUT2D eigenvalue weighted by atomic mass is 10.0. The van der Waals surface area contributed by atoms with E-state index in [0.717, 1.165) is 19.4 Å². The highest BCUT2D eigenvalue weighted by Gasteiger charge is 2.40. The second-order valence-electron chi connectivity index (χ2n) is 6.32. The minimum Gasteiger partial charge on any atom is -0.416 e. The van der Waals surface area contributed by atoms with Gasteiger partial charge in [0.2, 0.25) is 8.32 Å². The highest BCUT2D eigenvalue weighted by atomic mass is 127. The lowest BCUT2D eigenvalue weighted by molar-refractivity contribution is 0.285. The van der Waals surface area contributed by atoms with Gasteiger partial charge in [0, 0.05) is 10.7 Å². The van der Waals surface area contributed by atoms with Crippen LogP contribution < -0.4 is 0 Å².